The average Bonchev–Trinajstić information content (AvgIpc) is 2.97. The SMILES string of the molecule is CN(C)C1CCN(S(=O)(=O)c2ccc3c(c2)CCCN3)C1. The van der Waals surface area contributed by atoms with Crippen molar-refractivity contribution < 1.29 is 8.42 Å². The molecule has 2 heterocycles. The molecular weight excluding hydrogens is 286 g/mol. The highest BCUT2D eigenvalue weighted by Gasteiger charge is 2.33. The summed E-state index contributed by atoms with van der Waals surface area (Å²) in [6.07, 6.45) is 2.91. The molecule has 0 aliphatic carbocycles. The summed E-state index contributed by atoms with van der Waals surface area (Å²) in [5, 5.41) is 3.32. The minimum absolute atomic E-state index is 0.319. The van der Waals surface area contributed by atoms with Crippen LogP contribution < -0.4 is 5.32 Å². The molecule has 5 nitrogen and oxygen atoms in total. The van der Waals surface area contributed by atoms with Crippen molar-refractivity contribution in [2.75, 3.05) is 39.0 Å². The number of rotatable bonds is 3. The van der Waals surface area contributed by atoms with Crippen molar-refractivity contribution in [2.45, 2.75) is 30.2 Å². The van der Waals surface area contributed by atoms with Gasteiger partial charge in [0.1, 0.15) is 0 Å². The maximum Gasteiger partial charge on any atom is 0.243 e. The van der Waals surface area contributed by atoms with E-state index in [1.165, 1.54) is 0 Å². The predicted molar refractivity (Wildman–Crippen MR) is 84.1 cm³/mol. The number of benzene rings is 1. The molecule has 1 aromatic rings. The molecule has 0 saturated carbocycles. The molecule has 1 atom stereocenters. The summed E-state index contributed by atoms with van der Waals surface area (Å²) in [5.74, 6) is 0. The molecule has 0 aromatic heterocycles. The van der Waals surface area contributed by atoms with Crippen LogP contribution in [0.5, 0.6) is 0 Å². The van der Waals surface area contributed by atoms with E-state index in [1.54, 1.807) is 10.4 Å². The van der Waals surface area contributed by atoms with E-state index in [0.29, 0.717) is 24.0 Å². The van der Waals surface area contributed by atoms with Gasteiger partial charge in [-0.05, 0) is 57.1 Å². The number of hydrogen-bond donors (Lipinski definition) is 1. The number of fused-ring (bicyclic) bond motifs is 1. The van der Waals surface area contributed by atoms with E-state index >= 15 is 0 Å². The first-order chi connectivity index (χ1) is 9.98. The first-order valence-electron chi connectivity index (χ1n) is 7.52. The lowest BCUT2D eigenvalue weighted by Crippen LogP contribution is -2.34. The Morgan fingerprint density at radius 3 is 2.86 bits per heavy atom. The highest BCUT2D eigenvalue weighted by Crippen LogP contribution is 2.28. The number of anilines is 1. The van der Waals surface area contributed by atoms with Crippen LogP contribution in [0, 0.1) is 0 Å². The molecule has 0 spiro atoms. The Hall–Kier alpha value is -1.11. The minimum atomic E-state index is -3.36. The zero-order chi connectivity index (χ0) is 15.0. The van der Waals surface area contributed by atoms with Crippen LogP contribution in [0.15, 0.2) is 23.1 Å². The second-order valence-corrected chi connectivity index (χ2v) is 8.06. The number of hydrogen-bond acceptors (Lipinski definition) is 4. The van der Waals surface area contributed by atoms with Gasteiger partial charge in [0.05, 0.1) is 4.90 Å². The highest BCUT2D eigenvalue weighted by atomic mass is 32.2. The third-order valence-corrected chi connectivity index (χ3v) is 6.37. The first-order valence-corrected chi connectivity index (χ1v) is 8.96. The summed E-state index contributed by atoms with van der Waals surface area (Å²) in [4.78, 5) is 2.54. The Morgan fingerprint density at radius 2 is 2.14 bits per heavy atom. The summed E-state index contributed by atoms with van der Waals surface area (Å²) in [6.45, 7) is 2.17. The Kier molecular flexibility index (Phi) is 3.94. The monoisotopic (exact) mass is 309 g/mol. The lowest BCUT2D eigenvalue weighted by atomic mass is 10.0. The molecule has 21 heavy (non-hydrogen) atoms. The van der Waals surface area contributed by atoms with Crippen molar-refractivity contribution >= 4 is 15.7 Å². The summed E-state index contributed by atoms with van der Waals surface area (Å²) in [5.41, 5.74) is 2.19. The maximum atomic E-state index is 12.8. The van der Waals surface area contributed by atoms with Gasteiger partial charge in [-0.2, -0.15) is 4.31 Å². The first kappa shape index (κ1) is 14.8. The molecule has 0 amide bonds. The summed E-state index contributed by atoms with van der Waals surface area (Å²) in [7, 11) is 0.651. The number of aryl methyl sites for hydroxylation is 1. The van der Waals surface area contributed by atoms with Crippen LogP contribution in [0.25, 0.3) is 0 Å². The van der Waals surface area contributed by atoms with E-state index in [0.717, 1.165) is 37.1 Å². The Bertz CT molecular complexity index is 628. The fourth-order valence-electron chi connectivity index (χ4n) is 3.11. The zero-order valence-electron chi connectivity index (χ0n) is 12.7. The van der Waals surface area contributed by atoms with Gasteiger partial charge in [0.25, 0.3) is 0 Å². The second-order valence-electron chi connectivity index (χ2n) is 6.12. The van der Waals surface area contributed by atoms with Crippen LogP contribution in [0.1, 0.15) is 18.4 Å². The van der Waals surface area contributed by atoms with Crippen LogP contribution >= 0.6 is 0 Å². The van der Waals surface area contributed by atoms with E-state index in [-0.39, 0.29) is 0 Å². The second kappa shape index (κ2) is 5.59. The van der Waals surface area contributed by atoms with Crippen molar-refractivity contribution in [3.05, 3.63) is 23.8 Å². The highest BCUT2D eigenvalue weighted by molar-refractivity contribution is 7.89. The van der Waals surface area contributed by atoms with Gasteiger partial charge in [-0.25, -0.2) is 8.42 Å². The van der Waals surface area contributed by atoms with Gasteiger partial charge in [-0.15, -0.1) is 0 Å². The van der Waals surface area contributed by atoms with Gasteiger partial charge in [0.2, 0.25) is 10.0 Å². The van der Waals surface area contributed by atoms with Gasteiger partial charge in [0, 0.05) is 31.4 Å². The molecule has 1 unspecified atom stereocenters. The standard InChI is InChI=1S/C15H23N3O2S/c1-17(2)13-7-9-18(11-13)21(19,20)14-5-6-15-12(10-14)4-3-8-16-15/h5-6,10,13,16H,3-4,7-9,11H2,1-2H3. The van der Waals surface area contributed by atoms with Gasteiger partial charge in [-0.1, -0.05) is 0 Å². The summed E-state index contributed by atoms with van der Waals surface area (Å²) in [6, 6.07) is 5.80. The molecule has 0 radical (unpaired) electrons. The Labute approximate surface area is 127 Å². The van der Waals surface area contributed by atoms with E-state index in [9.17, 15) is 8.42 Å². The van der Waals surface area contributed by atoms with Crippen LogP contribution in [-0.4, -0.2) is 57.4 Å². The molecule has 6 heteroatoms. The summed E-state index contributed by atoms with van der Waals surface area (Å²) < 4.78 is 27.2. The third-order valence-electron chi connectivity index (χ3n) is 4.51. The fourth-order valence-corrected chi connectivity index (χ4v) is 4.65. The lowest BCUT2D eigenvalue weighted by molar-refractivity contribution is 0.302. The van der Waals surface area contributed by atoms with Crippen LogP contribution in [-0.2, 0) is 16.4 Å². The molecule has 1 saturated heterocycles. The van der Waals surface area contributed by atoms with Crippen LogP contribution in [0.3, 0.4) is 0 Å². The number of nitrogens with zero attached hydrogens (tertiary/aromatic N) is 2. The largest absolute Gasteiger partial charge is 0.385 e. The normalized spacial score (nSPS) is 23.1. The topological polar surface area (TPSA) is 52.7 Å². The molecule has 1 fully saturated rings. The summed E-state index contributed by atoms with van der Waals surface area (Å²) >= 11 is 0. The number of nitrogens with one attached hydrogen (secondary N) is 1. The van der Waals surface area contributed by atoms with Gasteiger partial charge in [-0.3, -0.25) is 0 Å². The molecule has 116 valence electrons. The maximum absolute atomic E-state index is 12.8. The predicted octanol–water partition coefficient (Wildman–Crippen LogP) is 1.37. The Balaban J connectivity index is 1.85. The molecular formula is C15H23N3O2S. The lowest BCUT2D eigenvalue weighted by Gasteiger charge is -2.22. The van der Waals surface area contributed by atoms with Crippen molar-refractivity contribution in [3.63, 3.8) is 0 Å². The fraction of sp³-hybridized carbons (Fsp3) is 0.600. The van der Waals surface area contributed by atoms with E-state index in [4.69, 9.17) is 0 Å². The van der Waals surface area contributed by atoms with Crippen LogP contribution in [0.4, 0.5) is 5.69 Å². The van der Waals surface area contributed by atoms with Gasteiger partial charge in [0.15, 0.2) is 0 Å². The van der Waals surface area contributed by atoms with E-state index in [2.05, 4.69) is 10.2 Å². The van der Waals surface area contributed by atoms with Crippen molar-refractivity contribution in [1.82, 2.24) is 9.21 Å². The van der Waals surface area contributed by atoms with Gasteiger partial charge < -0.3 is 10.2 Å². The van der Waals surface area contributed by atoms with Gasteiger partial charge >= 0.3 is 0 Å². The Morgan fingerprint density at radius 1 is 1.33 bits per heavy atom. The number of likely N-dealkylation sites (N-methyl/N-ethyl adjacent to an activating group) is 1. The third kappa shape index (κ3) is 2.80. The quantitative estimate of drug-likeness (QED) is 0.916. The zero-order valence-corrected chi connectivity index (χ0v) is 13.5. The smallest absolute Gasteiger partial charge is 0.243 e. The molecule has 1 aromatic carbocycles. The van der Waals surface area contributed by atoms with E-state index < -0.39 is 10.0 Å². The van der Waals surface area contributed by atoms with Crippen molar-refractivity contribution in [3.8, 4) is 0 Å². The molecule has 2 aliphatic heterocycles. The molecule has 3 rings (SSSR count). The van der Waals surface area contributed by atoms with E-state index in [1.807, 2.05) is 26.2 Å². The molecule has 1 N–H and O–H groups in total. The van der Waals surface area contributed by atoms with Crippen molar-refractivity contribution in [2.24, 2.45) is 0 Å². The van der Waals surface area contributed by atoms with Crippen LogP contribution in [0.2, 0.25) is 0 Å². The minimum Gasteiger partial charge on any atom is -0.385 e. The molecule has 0 bridgehead atoms. The average molecular weight is 309 g/mol. The molecule has 2 aliphatic rings. The number of sulfonamides is 1. The van der Waals surface area contributed by atoms with Crippen molar-refractivity contribution in [1.29, 1.82) is 0 Å².